The van der Waals surface area contributed by atoms with Gasteiger partial charge < -0.3 is 16.6 Å². The minimum absolute atomic E-state index is 0.159. The smallest absolute Gasteiger partial charge is 0.131 e. The van der Waals surface area contributed by atoms with E-state index in [0.717, 1.165) is 5.39 Å². The Hall–Kier alpha value is -1.97. The highest BCUT2D eigenvalue weighted by Gasteiger charge is 2.02. The molecule has 1 heterocycles. The fourth-order valence-corrected chi connectivity index (χ4v) is 1.27. The Morgan fingerprint density at radius 1 is 1.15 bits per heavy atom. The number of nitrogens with zero attached hydrogens (tertiary/aromatic N) is 1. The molecule has 0 amide bonds. The molecule has 0 saturated carbocycles. The highest BCUT2D eigenvalue weighted by atomic mass is 16.3. The van der Waals surface area contributed by atoms with Crippen molar-refractivity contribution < 1.29 is 5.11 Å². The molecule has 5 N–H and O–H groups in total. The molecule has 0 bridgehead atoms. The molecule has 0 atom stereocenters. The van der Waals surface area contributed by atoms with E-state index in [1.807, 2.05) is 0 Å². The van der Waals surface area contributed by atoms with Gasteiger partial charge in [-0.1, -0.05) is 0 Å². The van der Waals surface area contributed by atoms with Crippen molar-refractivity contribution in [2.24, 2.45) is 0 Å². The third-order valence-corrected chi connectivity index (χ3v) is 1.93. The zero-order valence-electron chi connectivity index (χ0n) is 6.86. The van der Waals surface area contributed by atoms with Crippen LogP contribution in [0.1, 0.15) is 0 Å². The van der Waals surface area contributed by atoms with Crippen LogP contribution in [0, 0.1) is 0 Å². The summed E-state index contributed by atoms with van der Waals surface area (Å²) in [6.07, 6.45) is 1.51. The Bertz CT molecular complexity index is 468. The van der Waals surface area contributed by atoms with Gasteiger partial charge >= 0.3 is 0 Å². The lowest BCUT2D eigenvalue weighted by Gasteiger charge is -2.04. The van der Waals surface area contributed by atoms with E-state index in [1.165, 1.54) is 6.20 Å². The highest BCUT2D eigenvalue weighted by molar-refractivity contribution is 5.99. The fourth-order valence-electron chi connectivity index (χ4n) is 1.27. The van der Waals surface area contributed by atoms with E-state index in [9.17, 15) is 5.11 Å². The zero-order valence-corrected chi connectivity index (χ0v) is 6.86. The third-order valence-electron chi connectivity index (χ3n) is 1.93. The van der Waals surface area contributed by atoms with Crippen molar-refractivity contribution in [2.45, 2.75) is 0 Å². The number of fused-ring (bicyclic) bond motifs is 1. The predicted octanol–water partition coefficient (Wildman–Crippen LogP) is 1.10. The summed E-state index contributed by atoms with van der Waals surface area (Å²) in [4.78, 5) is 3.89. The number of aromatic nitrogens is 1. The van der Waals surface area contributed by atoms with E-state index in [2.05, 4.69) is 4.98 Å². The molecule has 1 aromatic heterocycles. The highest BCUT2D eigenvalue weighted by Crippen LogP contribution is 2.27. The lowest BCUT2D eigenvalue weighted by atomic mass is 10.1. The summed E-state index contributed by atoms with van der Waals surface area (Å²) in [5.74, 6) is 0.534. The Labute approximate surface area is 74.8 Å². The van der Waals surface area contributed by atoms with Gasteiger partial charge in [-0.3, -0.25) is 0 Å². The number of phenols is 1. The van der Waals surface area contributed by atoms with Gasteiger partial charge in [0.1, 0.15) is 11.6 Å². The average Bonchev–Trinajstić information content (AvgIpc) is 2.12. The molecule has 0 spiro atoms. The summed E-state index contributed by atoms with van der Waals surface area (Å²) in [6.45, 7) is 0. The second kappa shape index (κ2) is 2.52. The van der Waals surface area contributed by atoms with E-state index >= 15 is 0 Å². The van der Waals surface area contributed by atoms with Gasteiger partial charge in [0, 0.05) is 10.8 Å². The average molecular weight is 175 g/mol. The molecule has 4 nitrogen and oxygen atoms in total. The van der Waals surface area contributed by atoms with E-state index in [0.29, 0.717) is 16.9 Å². The van der Waals surface area contributed by atoms with Gasteiger partial charge in [0.2, 0.25) is 0 Å². The maximum absolute atomic E-state index is 9.22. The minimum Gasteiger partial charge on any atom is -0.508 e. The maximum Gasteiger partial charge on any atom is 0.131 e. The van der Waals surface area contributed by atoms with Gasteiger partial charge in [-0.05, 0) is 18.2 Å². The summed E-state index contributed by atoms with van der Waals surface area (Å²) in [5, 5.41) is 10.7. The second-order valence-electron chi connectivity index (χ2n) is 2.83. The number of nitrogens with two attached hydrogens (primary N) is 2. The number of pyridine rings is 1. The standard InChI is InChI=1S/C9H9N3O/c10-8-4-12-9(11)7-3-5(13)1-2-6(7)8/h1-4,13H,10H2,(H2,11,12). The molecule has 0 radical (unpaired) electrons. The molecule has 0 saturated heterocycles. The van der Waals surface area contributed by atoms with Gasteiger partial charge in [0.15, 0.2) is 0 Å². The molecule has 2 aromatic rings. The summed E-state index contributed by atoms with van der Waals surface area (Å²) in [6, 6.07) is 4.84. The number of phenolic OH excluding ortho intramolecular Hbond substituents is 1. The largest absolute Gasteiger partial charge is 0.508 e. The van der Waals surface area contributed by atoms with Crippen LogP contribution in [-0.2, 0) is 0 Å². The number of hydrogen-bond acceptors (Lipinski definition) is 4. The van der Waals surface area contributed by atoms with Gasteiger partial charge in [0.05, 0.1) is 11.9 Å². The van der Waals surface area contributed by atoms with Crippen molar-refractivity contribution in [2.75, 3.05) is 11.5 Å². The summed E-state index contributed by atoms with van der Waals surface area (Å²) >= 11 is 0. The van der Waals surface area contributed by atoms with Crippen LogP contribution in [0.3, 0.4) is 0 Å². The Morgan fingerprint density at radius 3 is 2.69 bits per heavy atom. The second-order valence-corrected chi connectivity index (χ2v) is 2.83. The Kier molecular flexibility index (Phi) is 1.48. The molecule has 0 fully saturated rings. The van der Waals surface area contributed by atoms with Crippen molar-refractivity contribution >= 4 is 22.3 Å². The minimum atomic E-state index is 0.159. The number of aromatic hydroxyl groups is 1. The van der Waals surface area contributed by atoms with Gasteiger partial charge in [-0.2, -0.15) is 0 Å². The molecular formula is C9H9N3O. The van der Waals surface area contributed by atoms with Crippen molar-refractivity contribution in [1.82, 2.24) is 4.98 Å². The summed E-state index contributed by atoms with van der Waals surface area (Å²) < 4.78 is 0. The molecular weight excluding hydrogens is 166 g/mol. The zero-order chi connectivity index (χ0) is 9.42. The molecule has 0 unspecified atom stereocenters. The van der Waals surface area contributed by atoms with Crippen LogP contribution in [0.15, 0.2) is 24.4 Å². The van der Waals surface area contributed by atoms with Crippen LogP contribution in [-0.4, -0.2) is 10.1 Å². The van der Waals surface area contributed by atoms with E-state index in [-0.39, 0.29) is 5.75 Å². The number of hydrogen-bond donors (Lipinski definition) is 3. The van der Waals surface area contributed by atoms with Gasteiger partial charge in [-0.15, -0.1) is 0 Å². The normalized spacial score (nSPS) is 10.5. The van der Waals surface area contributed by atoms with Crippen LogP contribution in [0.25, 0.3) is 10.8 Å². The van der Waals surface area contributed by atoms with Crippen molar-refractivity contribution in [3.05, 3.63) is 24.4 Å². The quantitative estimate of drug-likeness (QED) is 0.559. The molecule has 0 aliphatic rings. The van der Waals surface area contributed by atoms with Crippen molar-refractivity contribution in [1.29, 1.82) is 0 Å². The predicted molar refractivity (Wildman–Crippen MR) is 52.2 cm³/mol. The number of anilines is 2. The number of benzene rings is 1. The fraction of sp³-hybridized carbons (Fsp3) is 0. The van der Waals surface area contributed by atoms with Crippen LogP contribution < -0.4 is 11.5 Å². The van der Waals surface area contributed by atoms with Crippen LogP contribution in [0.4, 0.5) is 11.5 Å². The van der Waals surface area contributed by atoms with Gasteiger partial charge in [0.25, 0.3) is 0 Å². The lowest BCUT2D eigenvalue weighted by molar-refractivity contribution is 0.476. The van der Waals surface area contributed by atoms with E-state index < -0.39 is 0 Å². The molecule has 66 valence electrons. The van der Waals surface area contributed by atoms with E-state index in [1.54, 1.807) is 18.2 Å². The first-order valence-corrected chi connectivity index (χ1v) is 3.81. The first-order chi connectivity index (χ1) is 6.18. The van der Waals surface area contributed by atoms with Crippen molar-refractivity contribution in [3.63, 3.8) is 0 Å². The molecule has 1 aromatic carbocycles. The number of rotatable bonds is 0. The molecule has 4 heteroatoms. The molecule has 0 aliphatic heterocycles. The molecule has 0 aliphatic carbocycles. The van der Waals surface area contributed by atoms with Gasteiger partial charge in [-0.25, -0.2) is 4.98 Å². The van der Waals surface area contributed by atoms with Crippen LogP contribution >= 0.6 is 0 Å². The number of nitrogen functional groups attached to an aromatic ring is 2. The molecule has 2 rings (SSSR count). The first kappa shape index (κ1) is 7.67. The first-order valence-electron chi connectivity index (χ1n) is 3.81. The third kappa shape index (κ3) is 1.12. The SMILES string of the molecule is Nc1cnc(N)c2cc(O)ccc12. The Morgan fingerprint density at radius 2 is 1.92 bits per heavy atom. The summed E-state index contributed by atoms with van der Waals surface area (Å²) in [7, 11) is 0. The van der Waals surface area contributed by atoms with Crippen LogP contribution in [0.2, 0.25) is 0 Å². The lowest BCUT2D eigenvalue weighted by Crippen LogP contribution is -1.95. The topological polar surface area (TPSA) is 85.2 Å². The maximum atomic E-state index is 9.22. The van der Waals surface area contributed by atoms with Crippen LogP contribution in [0.5, 0.6) is 5.75 Å². The molecule has 13 heavy (non-hydrogen) atoms. The van der Waals surface area contributed by atoms with Crippen molar-refractivity contribution in [3.8, 4) is 5.75 Å². The summed E-state index contributed by atoms with van der Waals surface area (Å²) in [5.41, 5.74) is 11.9. The Balaban J connectivity index is 2.92. The monoisotopic (exact) mass is 175 g/mol. The van der Waals surface area contributed by atoms with E-state index in [4.69, 9.17) is 11.5 Å².